The van der Waals surface area contributed by atoms with Gasteiger partial charge in [-0.15, -0.1) is 0 Å². The maximum atomic E-state index is 12.5. The predicted octanol–water partition coefficient (Wildman–Crippen LogP) is 3.61. The Labute approximate surface area is 167 Å². The number of nitro benzene ring substituents is 1. The summed E-state index contributed by atoms with van der Waals surface area (Å²) < 4.78 is 12.8. The highest BCUT2D eigenvalue weighted by atomic mass is 16.6. The molecule has 0 fully saturated rings. The second kappa shape index (κ2) is 8.17. The van der Waals surface area contributed by atoms with Crippen molar-refractivity contribution < 1.29 is 18.9 Å². The lowest BCUT2D eigenvalue weighted by Gasteiger charge is -2.12. The Bertz CT molecular complexity index is 1050. The number of benzene rings is 1. The van der Waals surface area contributed by atoms with Crippen molar-refractivity contribution in [1.29, 1.82) is 0 Å². The molecule has 29 heavy (non-hydrogen) atoms. The monoisotopic (exact) mass is 398 g/mol. The number of nitrogens with one attached hydrogen (secondary N) is 1. The minimum Gasteiger partial charge on any atom is -0.479 e. The van der Waals surface area contributed by atoms with E-state index in [-0.39, 0.29) is 35.8 Å². The summed E-state index contributed by atoms with van der Waals surface area (Å²) in [4.78, 5) is 23.1. The molecule has 0 bridgehead atoms. The van der Waals surface area contributed by atoms with Crippen LogP contribution < -0.4 is 10.1 Å². The molecule has 2 heterocycles. The quantitative estimate of drug-likeness (QED) is 0.481. The van der Waals surface area contributed by atoms with E-state index < -0.39 is 4.92 Å². The third-order valence-electron chi connectivity index (χ3n) is 4.65. The molecule has 0 aliphatic rings. The lowest BCUT2D eigenvalue weighted by molar-refractivity contribution is -0.386. The highest BCUT2D eigenvalue weighted by molar-refractivity contribution is 5.91. The van der Waals surface area contributed by atoms with Crippen LogP contribution in [0.25, 0.3) is 0 Å². The molecule has 0 saturated carbocycles. The van der Waals surface area contributed by atoms with Gasteiger partial charge in [-0.2, -0.15) is 5.10 Å². The smallest absolute Gasteiger partial charge is 0.311 e. The average Bonchev–Trinajstić information content (AvgIpc) is 3.28. The van der Waals surface area contributed by atoms with E-state index in [1.165, 1.54) is 6.07 Å². The Kier molecular flexibility index (Phi) is 5.67. The van der Waals surface area contributed by atoms with Crippen molar-refractivity contribution in [2.75, 3.05) is 0 Å². The molecular weight excluding hydrogens is 376 g/mol. The van der Waals surface area contributed by atoms with Crippen LogP contribution in [0.4, 0.5) is 5.69 Å². The van der Waals surface area contributed by atoms with Crippen LogP contribution in [-0.2, 0) is 13.7 Å². The van der Waals surface area contributed by atoms with Crippen molar-refractivity contribution in [3.05, 3.63) is 75.0 Å². The summed E-state index contributed by atoms with van der Waals surface area (Å²) in [6.07, 6.45) is 1.72. The van der Waals surface area contributed by atoms with Gasteiger partial charge >= 0.3 is 5.69 Å². The normalized spacial score (nSPS) is 11.9. The molecule has 9 heteroatoms. The van der Waals surface area contributed by atoms with Crippen LogP contribution in [0, 0.1) is 24.0 Å². The van der Waals surface area contributed by atoms with E-state index in [0.29, 0.717) is 5.76 Å². The number of aromatic nitrogens is 2. The van der Waals surface area contributed by atoms with E-state index in [9.17, 15) is 14.9 Å². The molecule has 0 aliphatic heterocycles. The lowest BCUT2D eigenvalue weighted by atomic mass is 10.1. The summed E-state index contributed by atoms with van der Waals surface area (Å²) >= 11 is 0. The summed E-state index contributed by atoms with van der Waals surface area (Å²) in [7, 11) is 1.84. The van der Waals surface area contributed by atoms with E-state index in [1.807, 2.05) is 20.9 Å². The Morgan fingerprint density at radius 3 is 2.76 bits per heavy atom. The largest absolute Gasteiger partial charge is 0.479 e. The van der Waals surface area contributed by atoms with E-state index >= 15 is 0 Å². The van der Waals surface area contributed by atoms with Crippen LogP contribution in [-0.4, -0.2) is 20.6 Å². The van der Waals surface area contributed by atoms with Crippen molar-refractivity contribution in [3.63, 3.8) is 0 Å². The van der Waals surface area contributed by atoms with Crippen molar-refractivity contribution >= 4 is 11.6 Å². The van der Waals surface area contributed by atoms with Crippen molar-refractivity contribution in [3.8, 4) is 5.75 Å². The van der Waals surface area contributed by atoms with Gasteiger partial charge in [0.05, 0.1) is 17.2 Å². The number of nitrogens with zero attached hydrogens (tertiary/aromatic N) is 3. The zero-order chi connectivity index (χ0) is 21.1. The second-order valence-electron chi connectivity index (χ2n) is 6.79. The molecule has 3 rings (SSSR count). The Hall–Kier alpha value is -3.62. The molecule has 0 aliphatic carbocycles. The summed E-state index contributed by atoms with van der Waals surface area (Å²) in [6, 6.07) is 7.62. The number of aryl methyl sites for hydroxylation is 2. The number of hydrogen-bond donors (Lipinski definition) is 1. The van der Waals surface area contributed by atoms with E-state index in [0.717, 1.165) is 16.8 Å². The van der Waals surface area contributed by atoms with Gasteiger partial charge in [0.1, 0.15) is 12.4 Å². The summed E-state index contributed by atoms with van der Waals surface area (Å²) in [5.41, 5.74) is 2.53. The molecule has 1 atom stereocenters. The van der Waals surface area contributed by atoms with E-state index in [1.54, 1.807) is 42.1 Å². The summed E-state index contributed by atoms with van der Waals surface area (Å²) in [6.45, 7) is 5.53. The molecule has 152 valence electrons. The molecule has 0 saturated heterocycles. The number of hydrogen-bond acceptors (Lipinski definition) is 6. The first-order chi connectivity index (χ1) is 13.8. The SMILES string of the molecule is Cc1ccc(OCc2ccc(C(=O)NC(C)c3cnn(C)c3C)o2)c([N+](=O)[O-])c1. The fourth-order valence-corrected chi connectivity index (χ4v) is 2.90. The minimum absolute atomic E-state index is 0.0333. The van der Waals surface area contributed by atoms with Crippen LogP contribution in [0.3, 0.4) is 0 Å². The summed E-state index contributed by atoms with van der Waals surface area (Å²) in [5.74, 6) is 0.294. The zero-order valence-corrected chi connectivity index (χ0v) is 16.6. The van der Waals surface area contributed by atoms with Crippen LogP contribution >= 0.6 is 0 Å². The molecule has 1 amide bonds. The highest BCUT2D eigenvalue weighted by Gasteiger charge is 2.19. The molecular formula is C20H22N4O5. The molecule has 3 aromatic rings. The van der Waals surface area contributed by atoms with Crippen LogP contribution in [0.2, 0.25) is 0 Å². The number of furan rings is 1. The van der Waals surface area contributed by atoms with Gasteiger partial charge in [0.15, 0.2) is 11.5 Å². The maximum absolute atomic E-state index is 12.5. The molecule has 2 aromatic heterocycles. The fraction of sp³-hybridized carbons (Fsp3) is 0.300. The van der Waals surface area contributed by atoms with Gasteiger partial charge < -0.3 is 14.5 Å². The van der Waals surface area contributed by atoms with Crippen molar-refractivity contribution in [2.45, 2.75) is 33.4 Å². The van der Waals surface area contributed by atoms with Gasteiger partial charge in [0.25, 0.3) is 5.91 Å². The van der Waals surface area contributed by atoms with Crippen LogP contribution in [0.5, 0.6) is 5.75 Å². The number of carbonyl (C=O) groups is 1. The lowest BCUT2D eigenvalue weighted by Crippen LogP contribution is -2.26. The van der Waals surface area contributed by atoms with Gasteiger partial charge in [0, 0.05) is 24.4 Å². The first kappa shape index (κ1) is 20.1. The van der Waals surface area contributed by atoms with Gasteiger partial charge in [0.2, 0.25) is 0 Å². The molecule has 0 spiro atoms. The molecule has 0 radical (unpaired) electrons. The maximum Gasteiger partial charge on any atom is 0.311 e. The standard InChI is InChI=1S/C20H22N4O5/c1-12-5-7-18(17(9-12)24(26)27)28-11-15-6-8-19(29-15)20(25)22-13(2)16-10-21-23(4)14(16)3/h5-10,13H,11H2,1-4H3,(H,22,25). The Morgan fingerprint density at radius 1 is 1.34 bits per heavy atom. The van der Waals surface area contributed by atoms with Gasteiger partial charge in [-0.05, 0) is 44.5 Å². The second-order valence-corrected chi connectivity index (χ2v) is 6.79. The number of nitro groups is 1. The molecule has 9 nitrogen and oxygen atoms in total. The predicted molar refractivity (Wildman–Crippen MR) is 105 cm³/mol. The molecule has 1 N–H and O–H groups in total. The number of amides is 1. The zero-order valence-electron chi connectivity index (χ0n) is 16.6. The van der Waals surface area contributed by atoms with E-state index in [2.05, 4.69) is 10.4 Å². The number of carbonyl (C=O) groups excluding carboxylic acids is 1. The van der Waals surface area contributed by atoms with Gasteiger partial charge in [-0.25, -0.2) is 0 Å². The first-order valence-corrected chi connectivity index (χ1v) is 9.02. The topological polar surface area (TPSA) is 112 Å². The molecule has 1 unspecified atom stereocenters. The summed E-state index contributed by atoms with van der Waals surface area (Å²) in [5, 5.41) is 18.2. The fourth-order valence-electron chi connectivity index (χ4n) is 2.90. The first-order valence-electron chi connectivity index (χ1n) is 9.02. The molecule has 1 aromatic carbocycles. The average molecular weight is 398 g/mol. The third-order valence-corrected chi connectivity index (χ3v) is 4.65. The van der Waals surface area contributed by atoms with Crippen molar-refractivity contribution in [2.24, 2.45) is 7.05 Å². The van der Waals surface area contributed by atoms with Crippen LogP contribution in [0.1, 0.15) is 46.1 Å². The highest BCUT2D eigenvalue weighted by Crippen LogP contribution is 2.28. The van der Waals surface area contributed by atoms with Crippen molar-refractivity contribution in [1.82, 2.24) is 15.1 Å². The van der Waals surface area contributed by atoms with E-state index in [4.69, 9.17) is 9.15 Å². The number of ether oxygens (including phenoxy) is 1. The third kappa shape index (κ3) is 4.45. The van der Waals surface area contributed by atoms with Gasteiger partial charge in [-0.1, -0.05) is 6.07 Å². The Morgan fingerprint density at radius 2 is 2.10 bits per heavy atom. The van der Waals surface area contributed by atoms with Crippen LogP contribution in [0.15, 0.2) is 40.9 Å². The Balaban J connectivity index is 1.64. The minimum atomic E-state index is -0.495. The van der Waals surface area contributed by atoms with Gasteiger partial charge in [-0.3, -0.25) is 19.6 Å². The number of rotatable bonds is 7.